The van der Waals surface area contributed by atoms with Crippen LogP contribution in [0.5, 0.6) is 0 Å². The minimum atomic E-state index is -0.685. The maximum absolute atomic E-state index is 12.4. The molecule has 1 aliphatic rings. The number of nitrogens with zero attached hydrogens (tertiary/aromatic N) is 3. The van der Waals surface area contributed by atoms with Crippen LogP contribution in [-0.4, -0.2) is 46.3 Å². The Morgan fingerprint density at radius 1 is 1.18 bits per heavy atom. The second-order valence-corrected chi connectivity index (χ2v) is 7.66. The van der Waals surface area contributed by atoms with Crippen LogP contribution in [0, 0.1) is 0 Å². The summed E-state index contributed by atoms with van der Waals surface area (Å²) in [5.74, 6) is -2.02. The average Bonchev–Trinajstić information content (AvgIpc) is 3.13. The lowest BCUT2D eigenvalue weighted by atomic mass is 10.3. The van der Waals surface area contributed by atoms with Gasteiger partial charge >= 0.3 is 5.97 Å². The summed E-state index contributed by atoms with van der Waals surface area (Å²) in [5, 5.41) is 0.509. The van der Waals surface area contributed by atoms with Crippen molar-refractivity contribution in [2.24, 2.45) is 4.99 Å². The standard InChI is InChI=1S/C17H15Cl2N3O5S/c1-2-27-14(26)8-22-16-10(4-3-9(18)15(16)19)28-17(22)20-11(23)7-21-12(24)5-6-13(21)25/h3-4H,2,5-8H2,1H3. The van der Waals surface area contributed by atoms with Gasteiger partial charge in [-0.05, 0) is 19.1 Å². The third-order valence-electron chi connectivity index (χ3n) is 4.00. The highest BCUT2D eigenvalue weighted by molar-refractivity contribution is 7.16. The molecule has 1 fully saturated rings. The minimum absolute atomic E-state index is 0.0893. The lowest BCUT2D eigenvalue weighted by molar-refractivity contribution is -0.144. The van der Waals surface area contributed by atoms with Crippen LogP contribution in [0.4, 0.5) is 0 Å². The van der Waals surface area contributed by atoms with Gasteiger partial charge in [0.1, 0.15) is 13.1 Å². The summed E-state index contributed by atoms with van der Waals surface area (Å²) in [6.45, 7) is 1.21. The number of rotatable bonds is 5. The van der Waals surface area contributed by atoms with E-state index in [9.17, 15) is 19.2 Å². The first-order chi connectivity index (χ1) is 13.3. The average molecular weight is 444 g/mol. The number of amides is 3. The lowest BCUT2D eigenvalue weighted by Gasteiger charge is -2.10. The fourth-order valence-electron chi connectivity index (χ4n) is 2.75. The smallest absolute Gasteiger partial charge is 0.326 e. The molecule has 0 unspecified atom stereocenters. The molecule has 11 heteroatoms. The first kappa shape index (κ1) is 20.5. The van der Waals surface area contributed by atoms with Crippen molar-refractivity contribution in [3.05, 3.63) is 27.0 Å². The molecule has 3 amide bonds. The van der Waals surface area contributed by atoms with Gasteiger partial charge in [-0.3, -0.25) is 24.1 Å². The fraction of sp³-hybridized carbons (Fsp3) is 0.353. The van der Waals surface area contributed by atoms with Gasteiger partial charge in [-0.2, -0.15) is 4.99 Å². The zero-order chi connectivity index (χ0) is 20.4. The molecular weight excluding hydrogens is 429 g/mol. The van der Waals surface area contributed by atoms with E-state index in [1.807, 2.05) is 0 Å². The summed E-state index contributed by atoms with van der Waals surface area (Å²) >= 11 is 13.5. The Kier molecular flexibility index (Phi) is 6.17. The van der Waals surface area contributed by atoms with E-state index >= 15 is 0 Å². The summed E-state index contributed by atoms with van der Waals surface area (Å²) in [7, 11) is 0. The summed E-state index contributed by atoms with van der Waals surface area (Å²) in [6.07, 6.45) is 0.179. The molecule has 28 heavy (non-hydrogen) atoms. The van der Waals surface area contributed by atoms with Crippen molar-refractivity contribution in [2.75, 3.05) is 13.2 Å². The summed E-state index contributed by atoms with van der Waals surface area (Å²) in [5.41, 5.74) is 0.451. The summed E-state index contributed by atoms with van der Waals surface area (Å²) in [4.78, 5) is 52.8. The number of carbonyl (C=O) groups is 4. The molecule has 0 spiro atoms. The van der Waals surface area contributed by atoms with Crippen molar-refractivity contribution in [1.29, 1.82) is 0 Å². The molecule has 0 radical (unpaired) electrons. The summed E-state index contributed by atoms with van der Waals surface area (Å²) in [6, 6.07) is 3.30. The van der Waals surface area contributed by atoms with Crippen LogP contribution in [0.15, 0.2) is 17.1 Å². The highest BCUT2D eigenvalue weighted by atomic mass is 35.5. The molecule has 0 saturated carbocycles. The molecule has 1 aromatic carbocycles. The number of aromatic nitrogens is 1. The van der Waals surface area contributed by atoms with Gasteiger partial charge in [0.2, 0.25) is 11.8 Å². The predicted octanol–water partition coefficient (Wildman–Crippen LogP) is 2.15. The Morgan fingerprint density at radius 2 is 1.86 bits per heavy atom. The molecule has 0 N–H and O–H groups in total. The number of fused-ring (bicyclic) bond motifs is 1. The molecule has 8 nitrogen and oxygen atoms in total. The zero-order valence-corrected chi connectivity index (χ0v) is 17.1. The number of hydrogen-bond acceptors (Lipinski definition) is 6. The van der Waals surface area contributed by atoms with E-state index in [1.165, 1.54) is 4.57 Å². The van der Waals surface area contributed by atoms with Crippen LogP contribution in [0.3, 0.4) is 0 Å². The van der Waals surface area contributed by atoms with Crippen LogP contribution in [0.1, 0.15) is 19.8 Å². The van der Waals surface area contributed by atoms with Gasteiger partial charge in [0.25, 0.3) is 5.91 Å². The fourth-order valence-corrected chi connectivity index (χ4v) is 4.28. The molecule has 0 atom stereocenters. The monoisotopic (exact) mass is 443 g/mol. The SMILES string of the molecule is CCOC(=O)Cn1c(=NC(=O)CN2C(=O)CCC2=O)sc2ccc(Cl)c(Cl)c21. The largest absolute Gasteiger partial charge is 0.465 e. The van der Waals surface area contributed by atoms with Gasteiger partial charge in [0, 0.05) is 12.8 Å². The molecule has 2 heterocycles. The van der Waals surface area contributed by atoms with Gasteiger partial charge in [-0.15, -0.1) is 0 Å². The molecule has 1 aliphatic heterocycles. The number of benzene rings is 1. The molecular formula is C17H15Cl2N3O5S. The number of imide groups is 1. The number of hydrogen-bond donors (Lipinski definition) is 0. The van der Waals surface area contributed by atoms with Crippen molar-refractivity contribution >= 4 is 68.4 Å². The normalized spacial score (nSPS) is 15.0. The minimum Gasteiger partial charge on any atom is -0.465 e. The van der Waals surface area contributed by atoms with Crippen molar-refractivity contribution in [1.82, 2.24) is 9.47 Å². The molecule has 148 valence electrons. The predicted molar refractivity (Wildman–Crippen MR) is 103 cm³/mol. The number of esters is 1. The quantitative estimate of drug-likeness (QED) is 0.520. The van der Waals surface area contributed by atoms with E-state index in [0.29, 0.717) is 10.2 Å². The van der Waals surface area contributed by atoms with Crippen LogP contribution in [0.2, 0.25) is 10.0 Å². The van der Waals surface area contributed by atoms with Gasteiger partial charge in [0.05, 0.1) is 26.9 Å². The van der Waals surface area contributed by atoms with Gasteiger partial charge < -0.3 is 9.30 Å². The van der Waals surface area contributed by atoms with E-state index in [0.717, 1.165) is 16.2 Å². The Labute approximate surface area is 173 Å². The van der Waals surface area contributed by atoms with E-state index < -0.39 is 30.2 Å². The molecule has 0 aliphatic carbocycles. The highest BCUT2D eigenvalue weighted by Gasteiger charge is 2.30. The number of thiazole rings is 1. The van der Waals surface area contributed by atoms with Crippen molar-refractivity contribution < 1.29 is 23.9 Å². The van der Waals surface area contributed by atoms with Gasteiger partial charge in [-0.25, -0.2) is 0 Å². The first-order valence-corrected chi connectivity index (χ1v) is 9.92. The maximum atomic E-state index is 12.4. The van der Waals surface area contributed by atoms with E-state index in [2.05, 4.69) is 4.99 Å². The van der Waals surface area contributed by atoms with E-state index in [4.69, 9.17) is 27.9 Å². The topological polar surface area (TPSA) is 98.0 Å². The second kappa shape index (κ2) is 8.42. The Balaban J connectivity index is 2.03. The van der Waals surface area contributed by atoms with Crippen LogP contribution in [-0.2, 0) is 30.5 Å². The van der Waals surface area contributed by atoms with Crippen molar-refractivity contribution in [2.45, 2.75) is 26.3 Å². The summed E-state index contributed by atoms with van der Waals surface area (Å²) < 4.78 is 7.08. The van der Waals surface area contributed by atoms with Gasteiger partial charge in [0.15, 0.2) is 4.80 Å². The zero-order valence-electron chi connectivity index (χ0n) is 14.7. The van der Waals surface area contributed by atoms with Crippen LogP contribution in [0.25, 0.3) is 10.2 Å². The number of ether oxygens (including phenoxy) is 1. The molecule has 3 rings (SSSR count). The molecule has 1 saturated heterocycles. The van der Waals surface area contributed by atoms with Crippen LogP contribution < -0.4 is 4.80 Å². The number of halogens is 2. The second-order valence-electron chi connectivity index (χ2n) is 5.86. The highest BCUT2D eigenvalue weighted by Crippen LogP contribution is 2.32. The third kappa shape index (κ3) is 4.11. The van der Waals surface area contributed by atoms with E-state index in [1.54, 1.807) is 19.1 Å². The van der Waals surface area contributed by atoms with Crippen molar-refractivity contribution in [3.63, 3.8) is 0 Å². The first-order valence-electron chi connectivity index (χ1n) is 8.35. The molecule has 2 aromatic rings. The molecule has 1 aromatic heterocycles. The van der Waals surface area contributed by atoms with Crippen molar-refractivity contribution in [3.8, 4) is 0 Å². The third-order valence-corrected chi connectivity index (χ3v) is 5.83. The number of carbonyl (C=O) groups excluding carboxylic acids is 4. The van der Waals surface area contributed by atoms with Gasteiger partial charge in [-0.1, -0.05) is 34.5 Å². The van der Waals surface area contributed by atoms with E-state index in [-0.39, 0.29) is 40.8 Å². The Morgan fingerprint density at radius 3 is 2.50 bits per heavy atom. The number of likely N-dealkylation sites (tertiary alicyclic amines) is 1. The Hall–Kier alpha value is -2.23. The molecule has 0 bridgehead atoms. The Bertz CT molecular complexity index is 1040. The van der Waals surface area contributed by atoms with Crippen LogP contribution >= 0.6 is 34.5 Å². The lowest BCUT2D eigenvalue weighted by Crippen LogP contribution is -2.34. The maximum Gasteiger partial charge on any atom is 0.326 e.